The van der Waals surface area contributed by atoms with Crippen molar-refractivity contribution in [1.29, 1.82) is 0 Å². The lowest BCUT2D eigenvalue weighted by atomic mass is 9.92. The molecule has 0 aromatic heterocycles. The van der Waals surface area contributed by atoms with E-state index in [0.29, 0.717) is 6.04 Å². The molecule has 2 rings (SSSR count). The van der Waals surface area contributed by atoms with Gasteiger partial charge in [-0.25, -0.2) is 4.39 Å². The maximum Gasteiger partial charge on any atom is 0.123 e. The highest BCUT2D eigenvalue weighted by atomic mass is 19.1. The van der Waals surface area contributed by atoms with E-state index in [1.54, 1.807) is 12.1 Å². The van der Waals surface area contributed by atoms with Gasteiger partial charge in [0.1, 0.15) is 5.82 Å². The van der Waals surface area contributed by atoms with Crippen LogP contribution in [0.15, 0.2) is 18.2 Å². The minimum absolute atomic E-state index is 0.112. The molecule has 0 spiro atoms. The van der Waals surface area contributed by atoms with E-state index in [9.17, 15) is 4.39 Å². The molecule has 2 unspecified atom stereocenters. The Balaban J connectivity index is 1.98. The zero-order chi connectivity index (χ0) is 11.5. The molecule has 1 aliphatic heterocycles. The van der Waals surface area contributed by atoms with Crippen LogP contribution in [0.25, 0.3) is 0 Å². The van der Waals surface area contributed by atoms with Gasteiger partial charge in [-0.05, 0) is 61.9 Å². The minimum atomic E-state index is -0.112. The van der Waals surface area contributed by atoms with Crippen molar-refractivity contribution in [2.75, 3.05) is 6.54 Å². The average molecular weight is 221 g/mol. The maximum absolute atomic E-state index is 13.2. The Bertz CT molecular complexity index is 334. The summed E-state index contributed by atoms with van der Waals surface area (Å²) < 4.78 is 13.2. The first-order chi connectivity index (χ1) is 7.63. The van der Waals surface area contributed by atoms with Gasteiger partial charge < -0.3 is 5.32 Å². The van der Waals surface area contributed by atoms with Gasteiger partial charge in [0.05, 0.1) is 0 Å². The van der Waals surface area contributed by atoms with Crippen molar-refractivity contribution in [2.45, 2.75) is 39.2 Å². The Labute approximate surface area is 97.1 Å². The Morgan fingerprint density at radius 3 is 2.75 bits per heavy atom. The lowest BCUT2D eigenvalue weighted by Crippen LogP contribution is -2.39. The smallest absolute Gasteiger partial charge is 0.123 e. The summed E-state index contributed by atoms with van der Waals surface area (Å²) in [7, 11) is 0. The molecule has 0 saturated carbocycles. The minimum Gasteiger partial charge on any atom is -0.313 e. The first-order valence-corrected chi connectivity index (χ1v) is 6.13. The Hall–Kier alpha value is -0.890. The molecular formula is C14H20FN. The molecule has 0 bridgehead atoms. The van der Waals surface area contributed by atoms with E-state index in [1.165, 1.54) is 12.8 Å². The molecule has 0 amide bonds. The molecule has 1 aromatic rings. The number of piperidine rings is 1. The van der Waals surface area contributed by atoms with Crippen LogP contribution >= 0.6 is 0 Å². The standard InChI is InChI=1S/C14H20FN/c1-10-3-4-14(16-9-10)8-12-5-11(2)6-13(15)7-12/h5-7,10,14,16H,3-4,8-9H2,1-2H3. The van der Waals surface area contributed by atoms with Gasteiger partial charge in [0.25, 0.3) is 0 Å². The van der Waals surface area contributed by atoms with Crippen molar-refractivity contribution in [3.63, 3.8) is 0 Å². The highest BCUT2D eigenvalue weighted by Gasteiger charge is 2.17. The number of benzene rings is 1. The van der Waals surface area contributed by atoms with Gasteiger partial charge >= 0.3 is 0 Å². The van der Waals surface area contributed by atoms with Gasteiger partial charge in [-0.1, -0.05) is 13.0 Å². The summed E-state index contributed by atoms with van der Waals surface area (Å²) in [6.45, 7) is 5.32. The van der Waals surface area contributed by atoms with Gasteiger partial charge in [-0.2, -0.15) is 0 Å². The third kappa shape index (κ3) is 3.05. The fourth-order valence-corrected chi connectivity index (χ4v) is 2.45. The summed E-state index contributed by atoms with van der Waals surface area (Å²) in [6, 6.07) is 5.85. The van der Waals surface area contributed by atoms with Crippen LogP contribution in [0.2, 0.25) is 0 Å². The number of nitrogens with one attached hydrogen (secondary N) is 1. The number of aryl methyl sites for hydroxylation is 1. The van der Waals surface area contributed by atoms with Crippen molar-refractivity contribution in [2.24, 2.45) is 5.92 Å². The van der Waals surface area contributed by atoms with E-state index >= 15 is 0 Å². The predicted octanol–water partition coefficient (Wildman–Crippen LogP) is 3.06. The number of hydrogen-bond donors (Lipinski definition) is 1. The molecule has 88 valence electrons. The van der Waals surface area contributed by atoms with Crippen molar-refractivity contribution in [3.05, 3.63) is 35.1 Å². The first kappa shape index (κ1) is 11.6. The fraction of sp³-hybridized carbons (Fsp3) is 0.571. The third-order valence-electron chi connectivity index (χ3n) is 3.35. The summed E-state index contributed by atoms with van der Waals surface area (Å²) in [4.78, 5) is 0. The van der Waals surface area contributed by atoms with Gasteiger partial charge in [0.15, 0.2) is 0 Å². The monoisotopic (exact) mass is 221 g/mol. The first-order valence-electron chi connectivity index (χ1n) is 6.13. The SMILES string of the molecule is Cc1cc(F)cc(CC2CCC(C)CN2)c1. The van der Waals surface area contributed by atoms with Crippen molar-refractivity contribution >= 4 is 0 Å². The molecule has 1 N–H and O–H groups in total. The van der Waals surface area contributed by atoms with Crippen LogP contribution in [0.3, 0.4) is 0 Å². The predicted molar refractivity (Wildman–Crippen MR) is 65.0 cm³/mol. The molecular weight excluding hydrogens is 201 g/mol. The van der Waals surface area contributed by atoms with Gasteiger partial charge in [0, 0.05) is 6.04 Å². The molecule has 16 heavy (non-hydrogen) atoms. The van der Waals surface area contributed by atoms with Crippen LogP contribution < -0.4 is 5.32 Å². The Morgan fingerprint density at radius 1 is 1.31 bits per heavy atom. The molecule has 1 aromatic carbocycles. The van der Waals surface area contributed by atoms with E-state index < -0.39 is 0 Å². The average Bonchev–Trinajstić information content (AvgIpc) is 2.20. The van der Waals surface area contributed by atoms with E-state index in [0.717, 1.165) is 30.0 Å². The highest BCUT2D eigenvalue weighted by molar-refractivity contribution is 5.24. The fourth-order valence-electron chi connectivity index (χ4n) is 2.45. The zero-order valence-corrected chi connectivity index (χ0v) is 10.1. The van der Waals surface area contributed by atoms with Crippen molar-refractivity contribution < 1.29 is 4.39 Å². The molecule has 1 aliphatic rings. The van der Waals surface area contributed by atoms with E-state index in [-0.39, 0.29) is 5.82 Å². The molecule has 1 heterocycles. The highest BCUT2D eigenvalue weighted by Crippen LogP contribution is 2.18. The van der Waals surface area contributed by atoms with Crippen LogP contribution in [-0.2, 0) is 6.42 Å². The molecule has 1 saturated heterocycles. The summed E-state index contributed by atoms with van der Waals surface area (Å²) in [5.74, 6) is 0.671. The lowest BCUT2D eigenvalue weighted by Gasteiger charge is -2.28. The second kappa shape index (κ2) is 4.96. The largest absolute Gasteiger partial charge is 0.313 e. The molecule has 0 aliphatic carbocycles. The summed E-state index contributed by atoms with van der Waals surface area (Å²) >= 11 is 0. The molecule has 0 radical (unpaired) electrons. The Morgan fingerprint density at radius 2 is 2.12 bits per heavy atom. The molecule has 2 heteroatoms. The second-order valence-electron chi connectivity index (χ2n) is 5.13. The van der Waals surface area contributed by atoms with Crippen LogP contribution in [0.5, 0.6) is 0 Å². The second-order valence-corrected chi connectivity index (χ2v) is 5.13. The van der Waals surface area contributed by atoms with Gasteiger partial charge in [0.2, 0.25) is 0 Å². The lowest BCUT2D eigenvalue weighted by molar-refractivity contribution is 0.326. The van der Waals surface area contributed by atoms with E-state index in [2.05, 4.69) is 18.3 Å². The van der Waals surface area contributed by atoms with Crippen LogP contribution in [0.1, 0.15) is 30.9 Å². The molecule has 1 fully saturated rings. The molecule has 2 atom stereocenters. The topological polar surface area (TPSA) is 12.0 Å². The van der Waals surface area contributed by atoms with E-state index in [4.69, 9.17) is 0 Å². The third-order valence-corrected chi connectivity index (χ3v) is 3.35. The summed E-state index contributed by atoms with van der Waals surface area (Å²) in [6.07, 6.45) is 3.44. The summed E-state index contributed by atoms with van der Waals surface area (Å²) in [5.41, 5.74) is 2.13. The number of rotatable bonds is 2. The van der Waals surface area contributed by atoms with E-state index in [1.807, 2.05) is 6.92 Å². The number of hydrogen-bond acceptors (Lipinski definition) is 1. The van der Waals surface area contributed by atoms with Gasteiger partial charge in [-0.15, -0.1) is 0 Å². The van der Waals surface area contributed by atoms with Crippen LogP contribution in [0, 0.1) is 18.7 Å². The quantitative estimate of drug-likeness (QED) is 0.809. The Kier molecular flexibility index (Phi) is 3.59. The zero-order valence-electron chi connectivity index (χ0n) is 10.1. The maximum atomic E-state index is 13.2. The molecule has 1 nitrogen and oxygen atoms in total. The van der Waals surface area contributed by atoms with Crippen LogP contribution in [-0.4, -0.2) is 12.6 Å². The van der Waals surface area contributed by atoms with Crippen molar-refractivity contribution in [1.82, 2.24) is 5.32 Å². The normalized spacial score (nSPS) is 25.7. The van der Waals surface area contributed by atoms with Crippen molar-refractivity contribution in [3.8, 4) is 0 Å². The van der Waals surface area contributed by atoms with Gasteiger partial charge in [-0.3, -0.25) is 0 Å². The number of halogens is 1. The summed E-state index contributed by atoms with van der Waals surface area (Å²) in [5, 5.41) is 3.53. The van der Waals surface area contributed by atoms with Crippen LogP contribution in [0.4, 0.5) is 4.39 Å².